The summed E-state index contributed by atoms with van der Waals surface area (Å²) in [6.45, 7) is 3.90. The average Bonchev–Trinajstić information content (AvgIpc) is 2.84. The number of carbonyl (C=O) groups excluding carboxylic acids is 1. The Balaban J connectivity index is 1.97. The summed E-state index contributed by atoms with van der Waals surface area (Å²) in [5, 5.41) is 13.3. The third-order valence-corrected chi connectivity index (χ3v) is 4.17. The fourth-order valence-corrected chi connectivity index (χ4v) is 2.61. The molecule has 6 heteroatoms. The van der Waals surface area contributed by atoms with Crippen LogP contribution in [0, 0.1) is 0 Å². The van der Waals surface area contributed by atoms with Crippen LogP contribution in [0.2, 0.25) is 0 Å². The molecule has 1 aromatic rings. The van der Waals surface area contributed by atoms with Crippen molar-refractivity contribution in [3.05, 3.63) is 12.5 Å². The lowest BCUT2D eigenvalue weighted by Gasteiger charge is -2.34. The minimum absolute atomic E-state index is 0.145. The third-order valence-electron chi connectivity index (χ3n) is 4.17. The number of imidazole rings is 1. The molecule has 1 aliphatic carbocycles. The molecule has 0 radical (unpaired) electrons. The Hall–Kier alpha value is -1.56. The molecule has 2 rings (SSSR count). The maximum absolute atomic E-state index is 12.3. The number of carbonyl (C=O) groups is 1. The van der Waals surface area contributed by atoms with E-state index in [1.807, 2.05) is 0 Å². The molecule has 0 saturated heterocycles. The lowest BCUT2D eigenvalue weighted by atomic mass is 9.84. The molecular formula is C14H24N4O2. The molecular weight excluding hydrogens is 256 g/mol. The van der Waals surface area contributed by atoms with Crippen LogP contribution in [0.3, 0.4) is 0 Å². The molecule has 1 fully saturated rings. The molecule has 0 unspecified atom stereocenters. The third kappa shape index (κ3) is 3.12. The van der Waals surface area contributed by atoms with Crippen molar-refractivity contribution in [2.45, 2.75) is 57.1 Å². The number of amides is 1. The topological polar surface area (TPSA) is 93.2 Å². The first kappa shape index (κ1) is 14.8. The number of nitrogens with zero attached hydrogens (tertiary/aromatic N) is 2. The van der Waals surface area contributed by atoms with Crippen LogP contribution in [0.25, 0.3) is 0 Å². The number of nitrogen functional groups attached to an aromatic ring is 1. The van der Waals surface area contributed by atoms with Crippen molar-refractivity contribution in [3.63, 3.8) is 0 Å². The van der Waals surface area contributed by atoms with Crippen LogP contribution in [0.15, 0.2) is 12.5 Å². The van der Waals surface area contributed by atoms with E-state index >= 15 is 0 Å². The highest BCUT2D eigenvalue weighted by Crippen LogP contribution is 2.27. The highest BCUT2D eigenvalue weighted by Gasteiger charge is 2.34. The van der Waals surface area contributed by atoms with Crippen LogP contribution in [-0.4, -0.2) is 32.7 Å². The molecule has 1 saturated carbocycles. The first-order valence-corrected chi connectivity index (χ1v) is 7.14. The van der Waals surface area contributed by atoms with Crippen molar-refractivity contribution < 1.29 is 9.90 Å². The highest BCUT2D eigenvalue weighted by molar-refractivity contribution is 5.83. The summed E-state index contributed by atoms with van der Waals surface area (Å²) < 4.78 is 1.68. The number of nitrogens with one attached hydrogen (secondary N) is 1. The fourth-order valence-electron chi connectivity index (χ4n) is 2.61. The van der Waals surface area contributed by atoms with Gasteiger partial charge in [-0.3, -0.25) is 4.79 Å². The second kappa shape index (κ2) is 5.44. The summed E-state index contributed by atoms with van der Waals surface area (Å²) >= 11 is 0. The van der Waals surface area contributed by atoms with Gasteiger partial charge in [-0.05, 0) is 26.7 Å². The van der Waals surface area contributed by atoms with E-state index in [4.69, 9.17) is 5.73 Å². The van der Waals surface area contributed by atoms with E-state index in [1.165, 1.54) is 0 Å². The van der Waals surface area contributed by atoms with Crippen LogP contribution in [-0.2, 0) is 10.3 Å². The fraction of sp³-hybridized carbons (Fsp3) is 0.714. The van der Waals surface area contributed by atoms with E-state index < -0.39 is 11.1 Å². The Morgan fingerprint density at radius 1 is 1.50 bits per heavy atom. The SMILES string of the molecule is CC(C)(C(=O)NCC1(O)CCCCC1)n1cnc(N)c1. The summed E-state index contributed by atoms with van der Waals surface area (Å²) in [4.78, 5) is 16.3. The van der Waals surface area contributed by atoms with Gasteiger partial charge in [0.1, 0.15) is 11.4 Å². The van der Waals surface area contributed by atoms with Gasteiger partial charge in [0.05, 0.1) is 11.9 Å². The molecule has 112 valence electrons. The number of aromatic nitrogens is 2. The van der Waals surface area contributed by atoms with E-state index in [0.717, 1.165) is 32.1 Å². The quantitative estimate of drug-likeness (QED) is 0.767. The van der Waals surface area contributed by atoms with Gasteiger partial charge in [0, 0.05) is 12.7 Å². The van der Waals surface area contributed by atoms with Crippen molar-refractivity contribution in [2.24, 2.45) is 0 Å². The number of rotatable bonds is 4. The second-order valence-corrected chi connectivity index (χ2v) is 6.23. The molecule has 1 amide bonds. The van der Waals surface area contributed by atoms with Gasteiger partial charge in [0.2, 0.25) is 5.91 Å². The maximum atomic E-state index is 12.3. The predicted molar refractivity (Wildman–Crippen MR) is 77.0 cm³/mol. The minimum atomic E-state index is -0.782. The van der Waals surface area contributed by atoms with Gasteiger partial charge in [-0.15, -0.1) is 0 Å². The molecule has 0 atom stereocenters. The van der Waals surface area contributed by atoms with Gasteiger partial charge in [-0.2, -0.15) is 0 Å². The summed E-state index contributed by atoms with van der Waals surface area (Å²) in [5.74, 6) is 0.241. The van der Waals surface area contributed by atoms with Crippen molar-refractivity contribution in [2.75, 3.05) is 12.3 Å². The first-order valence-electron chi connectivity index (χ1n) is 7.14. The largest absolute Gasteiger partial charge is 0.388 e. The first-order chi connectivity index (χ1) is 9.33. The van der Waals surface area contributed by atoms with Gasteiger partial charge in [0.25, 0.3) is 0 Å². The standard InChI is InChI=1S/C14H24N4O2/c1-13(2,18-8-11(15)17-10-18)12(19)16-9-14(20)6-4-3-5-7-14/h8,10,20H,3-7,9,15H2,1-2H3,(H,16,19). The predicted octanol–water partition coefficient (Wildman–Crippen LogP) is 1.01. The second-order valence-electron chi connectivity index (χ2n) is 6.23. The molecule has 4 N–H and O–H groups in total. The van der Waals surface area contributed by atoms with Crippen LogP contribution >= 0.6 is 0 Å². The normalized spacial score (nSPS) is 18.8. The van der Waals surface area contributed by atoms with Gasteiger partial charge in [-0.25, -0.2) is 4.98 Å². The molecule has 1 heterocycles. The van der Waals surface area contributed by atoms with Gasteiger partial charge >= 0.3 is 0 Å². The van der Waals surface area contributed by atoms with Gasteiger partial charge < -0.3 is 20.7 Å². The highest BCUT2D eigenvalue weighted by atomic mass is 16.3. The van der Waals surface area contributed by atoms with Crippen LogP contribution in [0.5, 0.6) is 0 Å². The van der Waals surface area contributed by atoms with Crippen molar-refractivity contribution >= 4 is 11.7 Å². The molecule has 1 aliphatic rings. The molecule has 6 nitrogen and oxygen atoms in total. The molecule has 0 aromatic carbocycles. The Morgan fingerprint density at radius 3 is 2.70 bits per heavy atom. The Kier molecular flexibility index (Phi) is 4.04. The number of hydrogen-bond acceptors (Lipinski definition) is 4. The Labute approximate surface area is 119 Å². The van der Waals surface area contributed by atoms with Crippen LogP contribution in [0.4, 0.5) is 5.82 Å². The van der Waals surface area contributed by atoms with Crippen molar-refractivity contribution in [1.29, 1.82) is 0 Å². The Bertz CT molecular complexity index is 475. The average molecular weight is 280 g/mol. The van der Waals surface area contributed by atoms with E-state index in [0.29, 0.717) is 12.4 Å². The lowest BCUT2D eigenvalue weighted by molar-refractivity contribution is -0.130. The van der Waals surface area contributed by atoms with E-state index in [1.54, 1.807) is 30.9 Å². The zero-order valence-corrected chi connectivity index (χ0v) is 12.2. The number of nitrogens with two attached hydrogens (primary N) is 1. The zero-order chi connectivity index (χ0) is 14.8. The summed E-state index contributed by atoms with van der Waals surface area (Å²) in [5.41, 5.74) is 4.05. The number of anilines is 1. The summed E-state index contributed by atoms with van der Waals surface area (Å²) in [6, 6.07) is 0. The van der Waals surface area contributed by atoms with Gasteiger partial charge in [-0.1, -0.05) is 19.3 Å². The molecule has 0 aliphatic heterocycles. The number of aliphatic hydroxyl groups is 1. The molecule has 0 bridgehead atoms. The van der Waals surface area contributed by atoms with Crippen LogP contribution < -0.4 is 11.1 Å². The molecule has 20 heavy (non-hydrogen) atoms. The summed E-state index contributed by atoms with van der Waals surface area (Å²) in [7, 11) is 0. The van der Waals surface area contributed by atoms with Crippen molar-refractivity contribution in [1.82, 2.24) is 14.9 Å². The molecule has 1 aromatic heterocycles. The maximum Gasteiger partial charge on any atom is 0.245 e. The van der Waals surface area contributed by atoms with Gasteiger partial charge in [0.15, 0.2) is 0 Å². The van der Waals surface area contributed by atoms with E-state index in [2.05, 4.69) is 10.3 Å². The monoisotopic (exact) mass is 280 g/mol. The Morgan fingerprint density at radius 2 is 2.15 bits per heavy atom. The smallest absolute Gasteiger partial charge is 0.245 e. The zero-order valence-electron chi connectivity index (χ0n) is 12.2. The lowest BCUT2D eigenvalue weighted by Crippen LogP contribution is -2.50. The summed E-state index contributed by atoms with van der Waals surface area (Å²) in [6.07, 6.45) is 7.90. The minimum Gasteiger partial charge on any atom is -0.388 e. The van der Waals surface area contributed by atoms with E-state index in [-0.39, 0.29) is 5.91 Å². The van der Waals surface area contributed by atoms with Crippen LogP contribution in [0.1, 0.15) is 46.0 Å². The van der Waals surface area contributed by atoms with Crippen molar-refractivity contribution in [3.8, 4) is 0 Å². The van der Waals surface area contributed by atoms with E-state index in [9.17, 15) is 9.90 Å². The number of hydrogen-bond donors (Lipinski definition) is 3. The molecule has 0 spiro atoms.